The molecule has 86 valence electrons. The second kappa shape index (κ2) is 5.65. The highest BCUT2D eigenvalue weighted by atomic mass is 79.9. The highest BCUT2D eigenvalue weighted by Crippen LogP contribution is 2.15. The minimum atomic E-state index is -1.000. The Morgan fingerprint density at radius 2 is 2.06 bits per heavy atom. The summed E-state index contributed by atoms with van der Waals surface area (Å²) >= 11 is 3.16. The number of ether oxygens (including phenoxy) is 1. The van der Waals surface area contributed by atoms with Gasteiger partial charge in [-0.2, -0.15) is 0 Å². The molecule has 0 radical (unpaired) electrons. The van der Waals surface area contributed by atoms with Crippen molar-refractivity contribution in [2.24, 2.45) is 0 Å². The second-order valence-electron chi connectivity index (χ2n) is 3.16. The van der Waals surface area contributed by atoms with Crippen molar-refractivity contribution in [1.82, 2.24) is 0 Å². The number of hydrogen-bond acceptors (Lipinski definition) is 3. The van der Waals surface area contributed by atoms with E-state index in [4.69, 9.17) is 5.11 Å². The maximum atomic E-state index is 11.2. The van der Waals surface area contributed by atoms with E-state index in [0.29, 0.717) is 5.56 Å². The van der Waals surface area contributed by atoms with Gasteiger partial charge in [0.1, 0.15) is 4.83 Å². The average molecular weight is 287 g/mol. The largest absolute Gasteiger partial charge is 0.478 e. The van der Waals surface area contributed by atoms with Crippen molar-refractivity contribution >= 4 is 27.9 Å². The van der Waals surface area contributed by atoms with Gasteiger partial charge >= 0.3 is 11.9 Å². The van der Waals surface area contributed by atoms with Gasteiger partial charge in [0.2, 0.25) is 0 Å². The van der Waals surface area contributed by atoms with Crippen molar-refractivity contribution < 1.29 is 19.4 Å². The van der Waals surface area contributed by atoms with Gasteiger partial charge in [-0.3, -0.25) is 4.79 Å². The third-order valence-electron chi connectivity index (χ3n) is 2.10. The van der Waals surface area contributed by atoms with Crippen molar-refractivity contribution in [3.05, 3.63) is 35.4 Å². The number of halogens is 1. The number of benzene rings is 1. The van der Waals surface area contributed by atoms with Crippen LogP contribution < -0.4 is 0 Å². The lowest BCUT2D eigenvalue weighted by atomic mass is 10.0. The average Bonchev–Trinajstić information content (AvgIpc) is 2.28. The number of carboxylic acids is 1. The summed E-state index contributed by atoms with van der Waals surface area (Å²) in [4.78, 5) is 21.6. The predicted octanol–water partition coefficient (Wildman–Crippen LogP) is 1.86. The van der Waals surface area contributed by atoms with E-state index in [1.807, 2.05) is 0 Å². The van der Waals surface area contributed by atoms with Crippen molar-refractivity contribution in [2.45, 2.75) is 11.2 Å². The van der Waals surface area contributed by atoms with Crippen molar-refractivity contribution in [1.29, 1.82) is 0 Å². The molecule has 0 unspecified atom stereocenters. The SMILES string of the molecule is COC(=O)[C@H](Br)Cc1ccccc1C(=O)O. The zero-order valence-electron chi connectivity index (χ0n) is 8.64. The summed E-state index contributed by atoms with van der Waals surface area (Å²) in [5.41, 5.74) is 0.804. The summed E-state index contributed by atoms with van der Waals surface area (Å²) in [6.45, 7) is 0. The molecule has 1 N–H and O–H groups in total. The smallest absolute Gasteiger partial charge is 0.335 e. The van der Waals surface area contributed by atoms with Gasteiger partial charge in [-0.1, -0.05) is 34.1 Å². The molecule has 0 amide bonds. The standard InChI is InChI=1S/C11H11BrO4/c1-16-11(15)9(12)6-7-4-2-3-5-8(7)10(13)14/h2-5,9H,6H2,1H3,(H,13,14)/t9-/m1/s1. The van der Waals surface area contributed by atoms with Gasteiger partial charge in [-0.15, -0.1) is 0 Å². The third kappa shape index (κ3) is 3.06. The van der Waals surface area contributed by atoms with E-state index in [1.54, 1.807) is 18.2 Å². The van der Waals surface area contributed by atoms with E-state index in [9.17, 15) is 9.59 Å². The van der Waals surface area contributed by atoms with Crippen molar-refractivity contribution in [3.63, 3.8) is 0 Å². The first kappa shape index (κ1) is 12.7. The van der Waals surface area contributed by atoms with Crippen LogP contribution in [0.1, 0.15) is 15.9 Å². The Labute approximate surface area is 101 Å². The Morgan fingerprint density at radius 3 is 2.62 bits per heavy atom. The molecular weight excluding hydrogens is 276 g/mol. The first-order valence-electron chi connectivity index (χ1n) is 4.59. The molecule has 0 aliphatic rings. The molecule has 0 aromatic heterocycles. The maximum Gasteiger partial charge on any atom is 0.335 e. The molecule has 0 aliphatic carbocycles. The maximum absolute atomic E-state index is 11.2. The fourth-order valence-electron chi connectivity index (χ4n) is 1.31. The van der Waals surface area contributed by atoms with Crippen LogP contribution >= 0.6 is 15.9 Å². The summed E-state index contributed by atoms with van der Waals surface area (Å²) in [5, 5.41) is 8.94. The van der Waals surface area contributed by atoms with E-state index in [2.05, 4.69) is 20.7 Å². The van der Waals surface area contributed by atoms with Gasteiger partial charge in [0.25, 0.3) is 0 Å². The van der Waals surface area contributed by atoms with Gasteiger partial charge in [0, 0.05) is 0 Å². The third-order valence-corrected chi connectivity index (χ3v) is 2.80. The molecule has 0 fully saturated rings. The van der Waals surface area contributed by atoms with Crippen LogP contribution in [-0.4, -0.2) is 29.0 Å². The molecular formula is C11H11BrO4. The Balaban J connectivity index is 2.88. The first-order chi connectivity index (χ1) is 7.56. The molecule has 1 atom stereocenters. The van der Waals surface area contributed by atoms with E-state index >= 15 is 0 Å². The number of carboxylic acid groups (broad SMARTS) is 1. The van der Waals surface area contributed by atoms with E-state index in [1.165, 1.54) is 13.2 Å². The molecule has 4 nitrogen and oxygen atoms in total. The summed E-state index contributed by atoms with van der Waals surface area (Å²) in [7, 11) is 1.29. The number of carbonyl (C=O) groups is 2. The van der Waals surface area contributed by atoms with Crippen LogP contribution in [-0.2, 0) is 16.0 Å². The Kier molecular flexibility index (Phi) is 4.49. The molecule has 1 aromatic carbocycles. The lowest BCUT2D eigenvalue weighted by molar-refractivity contribution is -0.139. The fourth-order valence-corrected chi connectivity index (χ4v) is 1.85. The van der Waals surface area contributed by atoms with Crippen LogP contribution in [0.15, 0.2) is 24.3 Å². The van der Waals surface area contributed by atoms with Crippen LogP contribution in [0, 0.1) is 0 Å². The molecule has 0 bridgehead atoms. The molecule has 0 aliphatic heterocycles. The van der Waals surface area contributed by atoms with Crippen LogP contribution in [0.2, 0.25) is 0 Å². The summed E-state index contributed by atoms with van der Waals surface area (Å²) < 4.78 is 4.55. The lowest BCUT2D eigenvalue weighted by Crippen LogP contribution is -2.19. The van der Waals surface area contributed by atoms with Crippen molar-refractivity contribution in [3.8, 4) is 0 Å². The number of rotatable bonds is 4. The number of hydrogen-bond donors (Lipinski definition) is 1. The molecule has 1 rings (SSSR count). The van der Waals surface area contributed by atoms with E-state index in [0.717, 1.165) is 0 Å². The van der Waals surface area contributed by atoms with E-state index < -0.39 is 16.8 Å². The monoisotopic (exact) mass is 286 g/mol. The Hall–Kier alpha value is -1.36. The second-order valence-corrected chi connectivity index (χ2v) is 4.26. The lowest BCUT2D eigenvalue weighted by Gasteiger charge is -2.09. The zero-order chi connectivity index (χ0) is 12.1. The van der Waals surface area contributed by atoms with Crippen LogP contribution in [0.5, 0.6) is 0 Å². The van der Waals surface area contributed by atoms with Gasteiger partial charge in [-0.05, 0) is 18.1 Å². The topological polar surface area (TPSA) is 63.6 Å². The van der Waals surface area contributed by atoms with E-state index in [-0.39, 0.29) is 12.0 Å². The molecule has 5 heteroatoms. The zero-order valence-corrected chi connectivity index (χ0v) is 10.2. The minimum absolute atomic E-state index is 0.204. The highest BCUT2D eigenvalue weighted by molar-refractivity contribution is 9.10. The number of alkyl halides is 1. The summed E-state index contributed by atoms with van der Waals surface area (Å²) in [6.07, 6.45) is 0.287. The molecule has 0 spiro atoms. The number of esters is 1. The quantitative estimate of drug-likeness (QED) is 0.678. The Bertz CT molecular complexity index is 403. The molecule has 0 saturated carbocycles. The highest BCUT2D eigenvalue weighted by Gasteiger charge is 2.19. The Morgan fingerprint density at radius 1 is 1.44 bits per heavy atom. The van der Waals surface area contributed by atoms with Crippen LogP contribution in [0.4, 0.5) is 0 Å². The summed E-state index contributed by atoms with van der Waals surface area (Å²) in [6, 6.07) is 6.57. The molecule has 16 heavy (non-hydrogen) atoms. The molecule has 0 heterocycles. The predicted molar refractivity (Wildman–Crippen MR) is 61.8 cm³/mol. The van der Waals surface area contributed by atoms with Gasteiger partial charge in [0.15, 0.2) is 0 Å². The summed E-state index contributed by atoms with van der Waals surface area (Å²) in [5.74, 6) is -1.42. The number of aromatic carboxylic acids is 1. The normalized spacial score (nSPS) is 11.9. The first-order valence-corrected chi connectivity index (χ1v) is 5.51. The number of methoxy groups -OCH3 is 1. The minimum Gasteiger partial charge on any atom is -0.478 e. The van der Waals surface area contributed by atoms with Crippen LogP contribution in [0.25, 0.3) is 0 Å². The van der Waals surface area contributed by atoms with Crippen molar-refractivity contribution in [2.75, 3.05) is 7.11 Å². The number of carbonyl (C=O) groups excluding carboxylic acids is 1. The fraction of sp³-hybridized carbons (Fsp3) is 0.273. The molecule has 0 saturated heterocycles. The van der Waals surface area contributed by atoms with Gasteiger partial charge in [0.05, 0.1) is 12.7 Å². The van der Waals surface area contributed by atoms with Gasteiger partial charge in [-0.25, -0.2) is 4.79 Å². The van der Waals surface area contributed by atoms with Crippen LogP contribution in [0.3, 0.4) is 0 Å². The van der Waals surface area contributed by atoms with Gasteiger partial charge < -0.3 is 9.84 Å². The molecule has 1 aromatic rings.